The fraction of sp³-hybridized carbons (Fsp3) is 0.714. The van der Waals surface area contributed by atoms with Gasteiger partial charge in [0.2, 0.25) is 5.91 Å². The zero-order chi connectivity index (χ0) is 10.1. The Morgan fingerprint density at radius 2 is 1.75 bits per heavy atom. The van der Waals surface area contributed by atoms with E-state index in [2.05, 4.69) is 0 Å². The van der Waals surface area contributed by atoms with E-state index in [0.717, 1.165) is 0 Å². The first-order valence-corrected chi connectivity index (χ1v) is 3.97. The number of carbonyl (C=O) groups excluding carboxylic acids is 1. The van der Waals surface area contributed by atoms with Gasteiger partial charge in [0, 0.05) is 20.5 Å². The van der Waals surface area contributed by atoms with Crippen molar-refractivity contribution in [3.63, 3.8) is 0 Å². The topological polar surface area (TPSA) is 57.6 Å². The highest BCUT2D eigenvalue weighted by molar-refractivity contribution is 6.27. The van der Waals surface area contributed by atoms with E-state index in [1.165, 1.54) is 4.90 Å². The molecule has 0 aromatic rings. The maximum atomic E-state index is 10.3. The van der Waals surface area contributed by atoms with Crippen LogP contribution < -0.4 is 0 Å². The Hall–Kier alpha value is -0.770. The molecular weight excluding hydrogens is 182 g/mol. The number of aliphatic carboxylic acids is 1. The molecule has 0 saturated carbocycles. The first-order valence-electron chi connectivity index (χ1n) is 3.43. The summed E-state index contributed by atoms with van der Waals surface area (Å²) in [6, 6.07) is 0. The van der Waals surface area contributed by atoms with E-state index in [1.807, 2.05) is 0 Å². The summed E-state index contributed by atoms with van der Waals surface area (Å²) in [5, 5.41) is 7.72. The fourth-order valence-electron chi connectivity index (χ4n) is 0.120. The van der Waals surface area contributed by atoms with Crippen molar-refractivity contribution < 1.29 is 14.7 Å². The van der Waals surface area contributed by atoms with Crippen LogP contribution in [-0.2, 0) is 9.59 Å². The normalized spacial score (nSPS) is 8.00. The van der Waals surface area contributed by atoms with Crippen LogP contribution >= 0.6 is 11.6 Å². The van der Waals surface area contributed by atoms with Gasteiger partial charge in [-0.2, -0.15) is 0 Å². The van der Waals surface area contributed by atoms with Crippen LogP contribution in [0.25, 0.3) is 0 Å². The predicted octanol–water partition coefficient (Wildman–Crippen LogP) is 0.794. The van der Waals surface area contributed by atoms with Crippen molar-refractivity contribution in [1.29, 1.82) is 0 Å². The molecule has 4 nitrogen and oxygen atoms in total. The van der Waals surface area contributed by atoms with Gasteiger partial charge < -0.3 is 10.0 Å². The highest BCUT2D eigenvalue weighted by atomic mass is 35.5. The van der Waals surface area contributed by atoms with Crippen molar-refractivity contribution >= 4 is 23.5 Å². The number of rotatable bonds is 2. The molecule has 5 heteroatoms. The lowest BCUT2D eigenvalue weighted by atomic mass is 10.5. The molecule has 1 N–H and O–H groups in total. The monoisotopic (exact) mass is 195 g/mol. The molecule has 0 atom stereocenters. The lowest BCUT2D eigenvalue weighted by Gasteiger charge is -2.04. The standard InChI is InChI=1S/C4H8ClNO.C3H6O2/c1-6(2)4(7)3-5;1-2-3(4)5/h3H2,1-2H3;2H2,1H3,(H,4,5). The highest BCUT2D eigenvalue weighted by Gasteiger charge is 1.97. The summed E-state index contributed by atoms with van der Waals surface area (Å²) in [7, 11) is 3.34. The van der Waals surface area contributed by atoms with Gasteiger partial charge in [-0.15, -0.1) is 11.6 Å². The molecule has 0 saturated heterocycles. The molecule has 1 amide bonds. The molecule has 0 aliphatic rings. The SMILES string of the molecule is CCC(=O)O.CN(C)C(=O)CCl. The molecule has 0 spiro atoms. The fourth-order valence-corrected chi connectivity index (χ4v) is 0.359. The number of hydrogen-bond acceptors (Lipinski definition) is 2. The average molecular weight is 196 g/mol. The summed E-state index contributed by atoms with van der Waals surface area (Å²) in [6.45, 7) is 1.60. The molecule has 0 aromatic carbocycles. The largest absolute Gasteiger partial charge is 0.481 e. The van der Waals surface area contributed by atoms with Gasteiger partial charge in [-0.1, -0.05) is 6.92 Å². The van der Waals surface area contributed by atoms with Gasteiger partial charge in [0.05, 0.1) is 0 Å². The molecule has 0 unspecified atom stereocenters. The average Bonchev–Trinajstić information content (AvgIpc) is 2.04. The second-order valence-corrected chi connectivity index (χ2v) is 2.44. The van der Waals surface area contributed by atoms with Gasteiger partial charge in [-0.3, -0.25) is 9.59 Å². The Labute approximate surface area is 77.1 Å². The lowest BCUT2D eigenvalue weighted by Crippen LogP contribution is -2.22. The summed E-state index contributed by atoms with van der Waals surface area (Å²) in [5.74, 6) is -0.723. The smallest absolute Gasteiger partial charge is 0.303 e. The number of halogens is 1. The van der Waals surface area contributed by atoms with E-state index in [4.69, 9.17) is 16.7 Å². The highest BCUT2D eigenvalue weighted by Crippen LogP contribution is 1.80. The molecule has 12 heavy (non-hydrogen) atoms. The molecule has 0 aliphatic heterocycles. The molecule has 0 rings (SSSR count). The van der Waals surface area contributed by atoms with Crippen LogP contribution in [-0.4, -0.2) is 41.9 Å². The van der Waals surface area contributed by atoms with Gasteiger partial charge in [0.1, 0.15) is 5.88 Å². The Kier molecular flexibility index (Phi) is 9.57. The lowest BCUT2D eigenvalue weighted by molar-refractivity contribution is -0.136. The van der Waals surface area contributed by atoms with Crippen molar-refractivity contribution in [2.45, 2.75) is 13.3 Å². The van der Waals surface area contributed by atoms with Crippen molar-refractivity contribution in [3.05, 3.63) is 0 Å². The molecule has 0 bridgehead atoms. The summed E-state index contributed by atoms with van der Waals surface area (Å²) in [4.78, 5) is 21.1. The maximum absolute atomic E-state index is 10.3. The minimum Gasteiger partial charge on any atom is -0.481 e. The molecule has 0 aliphatic carbocycles. The third-order valence-electron chi connectivity index (χ3n) is 0.916. The Bertz CT molecular complexity index is 148. The van der Waals surface area contributed by atoms with E-state index >= 15 is 0 Å². The van der Waals surface area contributed by atoms with Crippen LogP contribution in [0.1, 0.15) is 13.3 Å². The van der Waals surface area contributed by atoms with Gasteiger partial charge in [0.15, 0.2) is 0 Å². The van der Waals surface area contributed by atoms with Crippen molar-refractivity contribution in [2.75, 3.05) is 20.0 Å². The quantitative estimate of drug-likeness (QED) is 0.663. The summed E-state index contributed by atoms with van der Waals surface area (Å²) in [5.41, 5.74) is 0. The second kappa shape index (κ2) is 8.33. The van der Waals surface area contributed by atoms with Crippen molar-refractivity contribution in [1.82, 2.24) is 4.90 Å². The van der Waals surface area contributed by atoms with Crippen LogP contribution in [0, 0.1) is 0 Å². The molecule has 0 fully saturated rings. The number of amides is 1. The Morgan fingerprint density at radius 1 is 1.42 bits per heavy atom. The Morgan fingerprint density at radius 3 is 1.75 bits per heavy atom. The third-order valence-corrected chi connectivity index (χ3v) is 1.14. The van der Waals surface area contributed by atoms with E-state index in [-0.39, 0.29) is 18.2 Å². The van der Waals surface area contributed by atoms with Crippen LogP contribution in [0.15, 0.2) is 0 Å². The summed E-state index contributed by atoms with van der Waals surface area (Å²) >= 11 is 5.16. The van der Waals surface area contributed by atoms with Crippen LogP contribution in [0.5, 0.6) is 0 Å². The molecule has 72 valence electrons. The molecule has 0 heterocycles. The minimum atomic E-state index is -0.745. The van der Waals surface area contributed by atoms with Crippen molar-refractivity contribution in [2.24, 2.45) is 0 Å². The van der Waals surface area contributed by atoms with Crippen LogP contribution in [0.2, 0.25) is 0 Å². The number of alkyl halides is 1. The Balaban J connectivity index is 0. The van der Waals surface area contributed by atoms with Crippen LogP contribution in [0.3, 0.4) is 0 Å². The minimum absolute atomic E-state index is 0.0540. The van der Waals surface area contributed by atoms with E-state index < -0.39 is 5.97 Å². The molecular formula is C7H14ClNO3. The zero-order valence-corrected chi connectivity index (χ0v) is 8.26. The van der Waals surface area contributed by atoms with E-state index in [1.54, 1.807) is 21.0 Å². The third kappa shape index (κ3) is 12.0. The number of hydrogen-bond donors (Lipinski definition) is 1. The zero-order valence-electron chi connectivity index (χ0n) is 7.50. The predicted molar refractivity (Wildman–Crippen MR) is 47.3 cm³/mol. The molecule has 0 radical (unpaired) electrons. The first-order chi connectivity index (χ1) is 5.45. The van der Waals surface area contributed by atoms with Gasteiger partial charge in [0.25, 0.3) is 0 Å². The van der Waals surface area contributed by atoms with Crippen LogP contribution in [0.4, 0.5) is 0 Å². The van der Waals surface area contributed by atoms with Gasteiger partial charge in [-0.25, -0.2) is 0 Å². The number of carboxylic acid groups (broad SMARTS) is 1. The maximum Gasteiger partial charge on any atom is 0.303 e. The number of carboxylic acids is 1. The number of carbonyl (C=O) groups is 2. The summed E-state index contributed by atoms with van der Waals surface area (Å²) < 4.78 is 0. The second-order valence-electron chi connectivity index (χ2n) is 2.17. The van der Waals surface area contributed by atoms with E-state index in [0.29, 0.717) is 0 Å². The summed E-state index contributed by atoms with van der Waals surface area (Å²) in [6.07, 6.45) is 0.222. The van der Waals surface area contributed by atoms with Gasteiger partial charge in [-0.05, 0) is 0 Å². The number of nitrogens with zero attached hydrogens (tertiary/aromatic N) is 1. The van der Waals surface area contributed by atoms with Crippen molar-refractivity contribution in [3.8, 4) is 0 Å². The van der Waals surface area contributed by atoms with Gasteiger partial charge >= 0.3 is 5.97 Å². The van der Waals surface area contributed by atoms with E-state index in [9.17, 15) is 9.59 Å². The molecule has 0 aromatic heterocycles. The first kappa shape index (κ1) is 13.8.